The number of hydrogen-bond donors (Lipinski definition) is 0. The number of hydrogen-bond acceptors (Lipinski definition) is 4. The Kier molecular flexibility index (Phi) is 4.09. The third-order valence-electron chi connectivity index (χ3n) is 3.10. The van der Waals surface area contributed by atoms with Crippen molar-refractivity contribution in [3.8, 4) is 11.5 Å². The van der Waals surface area contributed by atoms with Gasteiger partial charge in [0.15, 0.2) is 17.8 Å². The van der Waals surface area contributed by atoms with E-state index >= 15 is 0 Å². The lowest BCUT2D eigenvalue weighted by Gasteiger charge is -2.14. The molecule has 1 aromatic rings. The first-order chi connectivity index (χ1) is 8.65. The zero-order valence-electron chi connectivity index (χ0n) is 11.3. The van der Waals surface area contributed by atoms with E-state index < -0.39 is 0 Å². The fraction of sp³-hybridized carbons (Fsp3) is 0.571. The van der Waals surface area contributed by atoms with Gasteiger partial charge >= 0.3 is 0 Å². The van der Waals surface area contributed by atoms with Crippen LogP contribution in [-0.2, 0) is 9.47 Å². The van der Waals surface area contributed by atoms with Crippen LogP contribution in [0, 0.1) is 0 Å². The summed E-state index contributed by atoms with van der Waals surface area (Å²) in [6.07, 6.45) is -0.111. The molecule has 1 saturated heterocycles. The van der Waals surface area contributed by atoms with Crippen LogP contribution in [-0.4, -0.2) is 25.9 Å². The van der Waals surface area contributed by atoms with Crippen LogP contribution in [0.5, 0.6) is 11.5 Å². The van der Waals surface area contributed by atoms with Gasteiger partial charge in [-0.25, -0.2) is 0 Å². The van der Waals surface area contributed by atoms with Gasteiger partial charge in [0.25, 0.3) is 0 Å². The number of methoxy groups -OCH3 is 1. The Morgan fingerprint density at radius 2 is 1.78 bits per heavy atom. The molecule has 0 amide bonds. The van der Waals surface area contributed by atoms with Gasteiger partial charge in [0.1, 0.15) is 0 Å². The molecule has 0 aliphatic carbocycles. The van der Waals surface area contributed by atoms with E-state index in [0.717, 1.165) is 11.3 Å². The molecule has 1 aliphatic heterocycles. The second-order valence-electron chi connectivity index (χ2n) is 4.36. The fourth-order valence-electron chi connectivity index (χ4n) is 1.91. The van der Waals surface area contributed by atoms with E-state index in [2.05, 4.69) is 0 Å². The molecule has 1 fully saturated rings. The molecular weight excluding hydrogens is 232 g/mol. The third kappa shape index (κ3) is 2.60. The van der Waals surface area contributed by atoms with E-state index in [1.807, 2.05) is 39.0 Å². The van der Waals surface area contributed by atoms with Crippen molar-refractivity contribution < 1.29 is 18.9 Å². The molecule has 100 valence electrons. The average molecular weight is 252 g/mol. The first-order valence-corrected chi connectivity index (χ1v) is 6.27. The molecule has 2 rings (SSSR count). The Morgan fingerprint density at radius 3 is 2.33 bits per heavy atom. The van der Waals surface area contributed by atoms with Crippen molar-refractivity contribution in [2.45, 2.75) is 39.3 Å². The van der Waals surface area contributed by atoms with Crippen LogP contribution in [0.15, 0.2) is 18.2 Å². The minimum absolute atomic E-state index is 0.104. The smallest absolute Gasteiger partial charge is 0.184 e. The van der Waals surface area contributed by atoms with Gasteiger partial charge in [-0.05, 0) is 32.9 Å². The standard InChI is InChI=1S/C14H20O4/c1-5-16-12-7-6-11(8-13(12)15-4)14-17-9(2)10(3)18-14/h6-10,14H,5H2,1-4H3/t9-,10-/m1/s1. The second kappa shape index (κ2) is 5.59. The van der Waals surface area contributed by atoms with E-state index in [1.165, 1.54) is 0 Å². The Hall–Kier alpha value is -1.26. The van der Waals surface area contributed by atoms with Crippen molar-refractivity contribution >= 4 is 0 Å². The van der Waals surface area contributed by atoms with E-state index in [1.54, 1.807) is 7.11 Å². The molecule has 0 N–H and O–H groups in total. The molecule has 2 atom stereocenters. The maximum absolute atomic E-state index is 5.74. The van der Waals surface area contributed by atoms with Crippen LogP contribution in [0.2, 0.25) is 0 Å². The third-order valence-corrected chi connectivity index (χ3v) is 3.10. The summed E-state index contributed by atoms with van der Waals surface area (Å²) in [5.74, 6) is 1.44. The number of benzene rings is 1. The highest BCUT2D eigenvalue weighted by Gasteiger charge is 2.31. The molecule has 0 radical (unpaired) electrons. The summed E-state index contributed by atoms with van der Waals surface area (Å²) in [5.41, 5.74) is 0.950. The van der Waals surface area contributed by atoms with E-state index in [0.29, 0.717) is 12.4 Å². The van der Waals surface area contributed by atoms with Crippen molar-refractivity contribution in [1.29, 1.82) is 0 Å². The summed E-state index contributed by atoms with van der Waals surface area (Å²) in [6, 6.07) is 5.74. The van der Waals surface area contributed by atoms with Crippen molar-refractivity contribution in [2.24, 2.45) is 0 Å². The van der Waals surface area contributed by atoms with Gasteiger partial charge < -0.3 is 18.9 Å². The molecule has 1 heterocycles. The van der Waals surface area contributed by atoms with E-state index in [9.17, 15) is 0 Å². The van der Waals surface area contributed by atoms with Crippen molar-refractivity contribution in [3.05, 3.63) is 23.8 Å². The van der Waals surface area contributed by atoms with Crippen molar-refractivity contribution in [2.75, 3.05) is 13.7 Å². The summed E-state index contributed by atoms with van der Waals surface area (Å²) in [5, 5.41) is 0. The van der Waals surface area contributed by atoms with Gasteiger partial charge in [0.05, 0.1) is 25.9 Å². The quantitative estimate of drug-likeness (QED) is 0.825. The van der Waals surface area contributed by atoms with Crippen LogP contribution < -0.4 is 9.47 Å². The minimum Gasteiger partial charge on any atom is -0.493 e. The molecule has 4 heteroatoms. The normalized spacial score (nSPS) is 24.2. The number of rotatable bonds is 4. The van der Waals surface area contributed by atoms with Gasteiger partial charge in [-0.15, -0.1) is 0 Å². The minimum atomic E-state index is -0.320. The SMILES string of the molecule is CCOc1ccc(C2O[C@H](C)[C@@H](C)O2)cc1OC. The van der Waals surface area contributed by atoms with Crippen LogP contribution in [0.3, 0.4) is 0 Å². The molecule has 0 saturated carbocycles. The van der Waals surface area contributed by atoms with E-state index in [4.69, 9.17) is 18.9 Å². The van der Waals surface area contributed by atoms with Crippen LogP contribution in [0.25, 0.3) is 0 Å². The first kappa shape index (κ1) is 13.2. The Labute approximate surface area is 108 Å². The molecule has 1 aliphatic rings. The van der Waals surface area contributed by atoms with Crippen molar-refractivity contribution in [1.82, 2.24) is 0 Å². The molecule has 0 unspecified atom stereocenters. The topological polar surface area (TPSA) is 36.9 Å². The highest BCUT2D eigenvalue weighted by Crippen LogP contribution is 2.36. The van der Waals surface area contributed by atoms with Crippen molar-refractivity contribution in [3.63, 3.8) is 0 Å². The van der Waals surface area contributed by atoms with Crippen LogP contribution in [0.1, 0.15) is 32.6 Å². The van der Waals surface area contributed by atoms with Gasteiger partial charge in [-0.1, -0.05) is 6.07 Å². The van der Waals surface area contributed by atoms with Crippen LogP contribution >= 0.6 is 0 Å². The molecule has 4 nitrogen and oxygen atoms in total. The fourth-order valence-corrected chi connectivity index (χ4v) is 1.91. The number of ether oxygens (including phenoxy) is 4. The molecule has 0 spiro atoms. The Bertz CT molecular complexity index is 395. The predicted molar refractivity (Wildman–Crippen MR) is 68.0 cm³/mol. The first-order valence-electron chi connectivity index (χ1n) is 6.27. The molecule has 1 aromatic carbocycles. The zero-order chi connectivity index (χ0) is 13.1. The summed E-state index contributed by atoms with van der Waals surface area (Å²) in [4.78, 5) is 0. The lowest BCUT2D eigenvalue weighted by molar-refractivity contribution is -0.0654. The van der Waals surface area contributed by atoms with Gasteiger partial charge in [0.2, 0.25) is 0 Å². The lowest BCUT2D eigenvalue weighted by atomic mass is 10.2. The zero-order valence-corrected chi connectivity index (χ0v) is 11.3. The average Bonchev–Trinajstić information content (AvgIpc) is 2.70. The monoisotopic (exact) mass is 252 g/mol. The second-order valence-corrected chi connectivity index (χ2v) is 4.36. The molecule has 0 bridgehead atoms. The predicted octanol–water partition coefficient (Wildman–Crippen LogP) is 2.92. The summed E-state index contributed by atoms with van der Waals surface area (Å²) >= 11 is 0. The maximum atomic E-state index is 5.74. The lowest BCUT2D eigenvalue weighted by Crippen LogP contribution is -2.13. The maximum Gasteiger partial charge on any atom is 0.184 e. The highest BCUT2D eigenvalue weighted by atomic mass is 16.7. The summed E-state index contributed by atoms with van der Waals surface area (Å²) in [7, 11) is 1.63. The van der Waals surface area contributed by atoms with Gasteiger partial charge in [0, 0.05) is 5.56 Å². The highest BCUT2D eigenvalue weighted by molar-refractivity contribution is 5.43. The molecular formula is C14H20O4. The Morgan fingerprint density at radius 1 is 1.11 bits per heavy atom. The molecule has 18 heavy (non-hydrogen) atoms. The summed E-state index contributed by atoms with van der Waals surface area (Å²) < 4.78 is 22.3. The molecule has 0 aromatic heterocycles. The largest absolute Gasteiger partial charge is 0.493 e. The van der Waals surface area contributed by atoms with Crippen LogP contribution in [0.4, 0.5) is 0 Å². The van der Waals surface area contributed by atoms with Gasteiger partial charge in [-0.3, -0.25) is 0 Å². The van der Waals surface area contributed by atoms with Gasteiger partial charge in [-0.2, -0.15) is 0 Å². The van der Waals surface area contributed by atoms with E-state index in [-0.39, 0.29) is 18.5 Å². The summed E-state index contributed by atoms with van der Waals surface area (Å²) in [6.45, 7) is 6.58. The Balaban J connectivity index is 2.19.